The van der Waals surface area contributed by atoms with Crippen molar-refractivity contribution in [2.75, 3.05) is 25.6 Å². The van der Waals surface area contributed by atoms with Crippen molar-refractivity contribution in [1.29, 1.82) is 5.26 Å². The van der Waals surface area contributed by atoms with Gasteiger partial charge in [0.05, 0.1) is 12.2 Å². The smallest absolute Gasteiger partial charge is 0.312 e. The van der Waals surface area contributed by atoms with Crippen LogP contribution < -0.4 is 11.1 Å². The normalized spacial score (nSPS) is 20.2. The molecule has 1 aliphatic heterocycles. The van der Waals surface area contributed by atoms with Crippen molar-refractivity contribution < 1.29 is 27.4 Å². The molecule has 0 aromatic carbocycles. The molecule has 1 amide bonds. The summed E-state index contributed by atoms with van der Waals surface area (Å²) < 4.78 is 55.2. The minimum absolute atomic E-state index is 0.0113. The fourth-order valence-corrected chi connectivity index (χ4v) is 3.69. The number of halogens is 3. The standard InChI is InChI=1S/C21H21F3N6O3/c1-11-6-13(7-25)8-27-16(11)18(31)29-15-5-4-14(22)17(28-15)21(12(2)9-32-3)20(23,24)10-33-19(26)30-21/h4-6,8,12H,9-10H2,1-3H3,(H2,26,30)(H,28,29,31)/t12-,21+/m1/s1. The Morgan fingerprint density at radius 3 is 2.82 bits per heavy atom. The molecule has 0 saturated heterocycles. The molecule has 9 nitrogen and oxygen atoms in total. The zero-order valence-electron chi connectivity index (χ0n) is 18.0. The largest absolute Gasteiger partial charge is 0.459 e. The maximum Gasteiger partial charge on any atom is 0.312 e. The fourth-order valence-electron chi connectivity index (χ4n) is 3.69. The molecule has 3 N–H and O–H groups in total. The molecule has 0 aliphatic carbocycles. The first-order valence-corrected chi connectivity index (χ1v) is 9.75. The number of aliphatic imine (C=N–C) groups is 1. The van der Waals surface area contributed by atoms with Crippen LogP contribution in [-0.4, -0.2) is 48.1 Å². The van der Waals surface area contributed by atoms with E-state index >= 15 is 8.78 Å². The molecule has 2 aromatic heterocycles. The lowest BCUT2D eigenvalue weighted by molar-refractivity contribution is -0.148. The molecular formula is C21H21F3N6O3. The number of rotatable bonds is 6. The monoisotopic (exact) mass is 462 g/mol. The number of ether oxygens (including phenoxy) is 2. The Balaban J connectivity index is 2.08. The van der Waals surface area contributed by atoms with Gasteiger partial charge in [0.15, 0.2) is 12.1 Å². The predicted octanol–water partition coefficient (Wildman–Crippen LogP) is 2.51. The van der Waals surface area contributed by atoms with Crippen molar-refractivity contribution in [3.05, 3.63) is 52.7 Å². The van der Waals surface area contributed by atoms with Gasteiger partial charge in [0.1, 0.15) is 29.1 Å². The third-order valence-electron chi connectivity index (χ3n) is 5.25. The van der Waals surface area contributed by atoms with Gasteiger partial charge in [-0.3, -0.25) is 4.79 Å². The van der Waals surface area contributed by atoms with E-state index in [1.807, 2.05) is 6.07 Å². The minimum Gasteiger partial charge on any atom is -0.459 e. The Labute approximate surface area is 187 Å². The molecule has 12 heteroatoms. The molecule has 0 bridgehead atoms. The van der Waals surface area contributed by atoms with Gasteiger partial charge in [-0.15, -0.1) is 0 Å². The van der Waals surface area contributed by atoms with E-state index in [4.69, 9.17) is 20.5 Å². The Morgan fingerprint density at radius 2 is 2.18 bits per heavy atom. The first-order chi connectivity index (χ1) is 15.6. The number of nitriles is 1. The number of carbonyl (C=O) groups excluding carboxylic acids is 1. The predicted molar refractivity (Wildman–Crippen MR) is 111 cm³/mol. The second-order valence-electron chi connectivity index (χ2n) is 7.55. The van der Waals surface area contributed by atoms with Gasteiger partial charge in [-0.05, 0) is 30.7 Å². The first-order valence-electron chi connectivity index (χ1n) is 9.75. The highest BCUT2D eigenvalue weighted by Gasteiger charge is 2.63. The van der Waals surface area contributed by atoms with Crippen LogP contribution in [0.4, 0.5) is 19.0 Å². The van der Waals surface area contributed by atoms with Gasteiger partial charge in [-0.25, -0.2) is 19.4 Å². The number of carbonyl (C=O) groups is 1. The van der Waals surface area contributed by atoms with Crippen molar-refractivity contribution in [1.82, 2.24) is 9.97 Å². The zero-order valence-corrected chi connectivity index (χ0v) is 18.0. The molecule has 1 aliphatic rings. The average Bonchev–Trinajstić information content (AvgIpc) is 2.76. The number of amides is 1. The fraction of sp³-hybridized carbons (Fsp3) is 0.381. The van der Waals surface area contributed by atoms with Crippen molar-refractivity contribution in [3.8, 4) is 6.07 Å². The number of amidine groups is 1. The van der Waals surface area contributed by atoms with Gasteiger partial charge in [0, 0.05) is 19.2 Å². The second kappa shape index (κ2) is 9.03. The van der Waals surface area contributed by atoms with E-state index in [1.54, 1.807) is 6.92 Å². The summed E-state index contributed by atoms with van der Waals surface area (Å²) in [5, 5.41) is 11.4. The molecule has 0 unspecified atom stereocenters. The van der Waals surface area contributed by atoms with E-state index in [2.05, 4.69) is 20.3 Å². The number of methoxy groups -OCH3 is 1. The van der Waals surface area contributed by atoms with Gasteiger partial charge in [-0.2, -0.15) is 14.0 Å². The summed E-state index contributed by atoms with van der Waals surface area (Å²) in [7, 11) is 1.31. The molecular weight excluding hydrogens is 441 g/mol. The molecule has 2 atom stereocenters. The van der Waals surface area contributed by atoms with E-state index in [9.17, 15) is 9.18 Å². The number of hydrogen-bond donors (Lipinski definition) is 2. The van der Waals surface area contributed by atoms with Crippen LogP contribution in [0.2, 0.25) is 0 Å². The number of aryl methyl sites for hydroxylation is 1. The topological polar surface area (TPSA) is 136 Å². The molecule has 33 heavy (non-hydrogen) atoms. The van der Waals surface area contributed by atoms with Gasteiger partial charge in [-0.1, -0.05) is 6.92 Å². The number of pyridine rings is 2. The summed E-state index contributed by atoms with van der Waals surface area (Å²) in [5.41, 5.74) is 2.99. The van der Waals surface area contributed by atoms with Crippen LogP contribution in [0.1, 0.15) is 34.2 Å². The van der Waals surface area contributed by atoms with Gasteiger partial charge >= 0.3 is 5.92 Å². The molecule has 0 radical (unpaired) electrons. The number of nitrogens with two attached hydrogens (primary N) is 1. The molecule has 2 aromatic rings. The summed E-state index contributed by atoms with van der Waals surface area (Å²) in [4.78, 5) is 24.4. The van der Waals surface area contributed by atoms with E-state index in [0.29, 0.717) is 5.56 Å². The van der Waals surface area contributed by atoms with Crippen LogP contribution in [0.25, 0.3) is 0 Å². The third kappa shape index (κ3) is 4.31. The van der Waals surface area contributed by atoms with Gasteiger partial charge < -0.3 is 20.5 Å². The van der Waals surface area contributed by atoms with Crippen LogP contribution >= 0.6 is 0 Å². The van der Waals surface area contributed by atoms with Crippen LogP contribution in [0, 0.1) is 30.0 Å². The minimum atomic E-state index is -3.70. The maximum atomic E-state index is 15.2. The zero-order chi connectivity index (χ0) is 24.4. The quantitative estimate of drug-likeness (QED) is 0.673. The van der Waals surface area contributed by atoms with Crippen LogP contribution in [-0.2, 0) is 15.0 Å². The van der Waals surface area contributed by atoms with Crippen LogP contribution in [0.3, 0.4) is 0 Å². The van der Waals surface area contributed by atoms with Crippen molar-refractivity contribution >= 4 is 17.7 Å². The summed E-state index contributed by atoms with van der Waals surface area (Å²) in [6.45, 7) is 1.63. The van der Waals surface area contributed by atoms with E-state index < -0.39 is 47.4 Å². The summed E-state index contributed by atoms with van der Waals surface area (Å²) >= 11 is 0. The molecule has 174 valence electrons. The summed E-state index contributed by atoms with van der Waals surface area (Å²) in [5.74, 6) is -6.77. The first kappa shape index (κ1) is 23.9. The molecule has 0 fully saturated rings. The third-order valence-corrected chi connectivity index (χ3v) is 5.25. The highest BCUT2D eigenvalue weighted by atomic mass is 19.3. The van der Waals surface area contributed by atoms with Crippen molar-refractivity contribution in [2.24, 2.45) is 16.6 Å². The Bertz CT molecular complexity index is 1150. The Hall–Kier alpha value is -3.72. The highest BCUT2D eigenvalue weighted by Crippen LogP contribution is 2.49. The molecule has 3 rings (SSSR count). The van der Waals surface area contributed by atoms with E-state index in [-0.39, 0.29) is 23.7 Å². The lowest BCUT2D eigenvalue weighted by Gasteiger charge is -2.43. The average molecular weight is 462 g/mol. The Kier molecular flexibility index (Phi) is 6.55. The number of alkyl halides is 2. The number of aromatic nitrogens is 2. The lowest BCUT2D eigenvalue weighted by Crippen LogP contribution is -2.57. The molecule has 0 saturated carbocycles. The lowest BCUT2D eigenvalue weighted by atomic mass is 9.76. The van der Waals surface area contributed by atoms with E-state index in [0.717, 1.165) is 12.1 Å². The van der Waals surface area contributed by atoms with Gasteiger partial charge in [0.25, 0.3) is 11.9 Å². The number of nitrogens with one attached hydrogen (secondary N) is 1. The SMILES string of the molecule is COC[C@@H](C)[C@@]1(c2nc(NC(=O)c3ncc(C#N)cc3C)ccc2F)N=C(N)OCC1(F)F. The summed E-state index contributed by atoms with van der Waals surface area (Å²) in [6.07, 6.45) is 1.22. The number of anilines is 1. The van der Waals surface area contributed by atoms with Gasteiger partial charge in [0.2, 0.25) is 0 Å². The number of nitrogens with zero attached hydrogens (tertiary/aromatic N) is 4. The number of hydrogen-bond acceptors (Lipinski definition) is 8. The van der Waals surface area contributed by atoms with Crippen LogP contribution in [0.5, 0.6) is 0 Å². The van der Waals surface area contributed by atoms with Crippen molar-refractivity contribution in [2.45, 2.75) is 25.3 Å². The van der Waals surface area contributed by atoms with Crippen molar-refractivity contribution in [3.63, 3.8) is 0 Å². The van der Waals surface area contributed by atoms with Crippen LogP contribution in [0.15, 0.2) is 29.4 Å². The highest BCUT2D eigenvalue weighted by molar-refractivity contribution is 6.03. The maximum absolute atomic E-state index is 15.2. The second-order valence-corrected chi connectivity index (χ2v) is 7.55. The molecule has 0 spiro atoms. The van der Waals surface area contributed by atoms with E-state index in [1.165, 1.54) is 26.3 Å². The Morgan fingerprint density at radius 1 is 1.45 bits per heavy atom. The molecule has 3 heterocycles. The summed E-state index contributed by atoms with van der Waals surface area (Å²) in [6, 6.07) is 4.85.